The lowest BCUT2D eigenvalue weighted by atomic mass is 10.1. The highest BCUT2D eigenvalue weighted by molar-refractivity contribution is 6.32. The summed E-state index contributed by atoms with van der Waals surface area (Å²) in [6.45, 7) is 3.40. The van der Waals surface area contributed by atoms with E-state index in [-0.39, 0.29) is 17.2 Å². The van der Waals surface area contributed by atoms with Crippen molar-refractivity contribution in [3.8, 4) is 0 Å². The minimum absolute atomic E-state index is 0.104. The smallest absolute Gasteiger partial charge is 0.409 e. The van der Waals surface area contributed by atoms with Gasteiger partial charge in [-0.2, -0.15) is 5.10 Å². The Morgan fingerprint density at radius 2 is 2.30 bits per heavy atom. The molecule has 0 unspecified atom stereocenters. The number of hydrogen-bond donors (Lipinski definition) is 2. The molecule has 8 heteroatoms. The predicted molar refractivity (Wildman–Crippen MR) is 75.1 cm³/mol. The molecule has 1 aromatic rings. The number of carbonyl (C=O) groups is 1. The number of rotatable bonds is 3. The van der Waals surface area contributed by atoms with Crippen molar-refractivity contribution in [2.24, 2.45) is 0 Å². The Hall–Kier alpha value is -1.76. The zero-order valence-electron chi connectivity index (χ0n) is 11.2. The number of ether oxygens (including phenoxy) is 1. The van der Waals surface area contributed by atoms with E-state index in [2.05, 4.69) is 15.5 Å². The molecule has 1 amide bonds. The Bertz CT molecular complexity index is 526. The van der Waals surface area contributed by atoms with E-state index in [0.717, 1.165) is 12.8 Å². The highest BCUT2D eigenvalue weighted by Gasteiger charge is 2.24. The lowest BCUT2D eigenvalue weighted by Crippen LogP contribution is -2.42. The fourth-order valence-corrected chi connectivity index (χ4v) is 2.27. The Kier molecular flexibility index (Phi) is 4.84. The van der Waals surface area contributed by atoms with Crippen molar-refractivity contribution in [2.75, 3.05) is 25.0 Å². The first-order valence-electron chi connectivity index (χ1n) is 6.53. The molecule has 0 atom stereocenters. The molecule has 0 spiro atoms. The molecule has 2 N–H and O–H groups in total. The van der Waals surface area contributed by atoms with E-state index in [0.29, 0.717) is 25.4 Å². The van der Waals surface area contributed by atoms with E-state index in [1.54, 1.807) is 11.8 Å². The third-order valence-electron chi connectivity index (χ3n) is 3.18. The summed E-state index contributed by atoms with van der Waals surface area (Å²) in [6, 6.07) is 0.154. The van der Waals surface area contributed by atoms with Crippen molar-refractivity contribution < 1.29 is 9.53 Å². The average Bonchev–Trinajstić information content (AvgIpc) is 2.45. The maximum atomic E-state index is 11.6. The molecule has 0 aromatic carbocycles. The third kappa shape index (κ3) is 3.41. The van der Waals surface area contributed by atoms with Crippen LogP contribution in [0.3, 0.4) is 0 Å². The SMILES string of the molecule is CCOC(=O)N1CCC(Nc2cn[nH]c(=O)c2Cl)CC1. The standard InChI is InChI=1S/C12H17ClN4O3/c1-2-20-12(19)17-5-3-8(4-6-17)15-9-7-14-16-11(18)10(9)13/h7-8H,2-6H2,1H3,(H2,15,16,18). The number of aromatic amines is 1. The molecule has 1 aliphatic heterocycles. The van der Waals surface area contributed by atoms with Crippen LogP contribution in [0.4, 0.5) is 10.5 Å². The monoisotopic (exact) mass is 300 g/mol. The number of halogens is 1. The molecule has 0 aliphatic carbocycles. The first kappa shape index (κ1) is 14.6. The van der Waals surface area contributed by atoms with Gasteiger partial charge < -0.3 is 15.0 Å². The van der Waals surface area contributed by atoms with Gasteiger partial charge in [0.15, 0.2) is 0 Å². The van der Waals surface area contributed by atoms with Crippen LogP contribution in [-0.4, -0.2) is 46.9 Å². The highest BCUT2D eigenvalue weighted by atomic mass is 35.5. The molecule has 7 nitrogen and oxygen atoms in total. The summed E-state index contributed by atoms with van der Waals surface area (Å²) < 4.78 is 4.96. The highest BCUT2D eigenvalue weighted by Crippen LogP contribution is 2.20. The number of anilines is 1. The van der Waals surface area contributed by atoms with Crippen molar-refractivity contribution in [3.05, 3.63) is 21.6 Å². The van der Waals surface area contributed by atoms with Crippen LogP contribution < -0.4 is 10.9 Å². The summed E-state index contributed by atoms with van der Waals surface area (Å²) in [7, 11) is 0. The molecule has 1 saturated heterocycles. The summed E-state index contributed by atoms with van der Waals surface area (Å²) in [6.07, 6.45) is 2.74. The van der Waals surface area contributed by atoms with Crippen LogP contribution in [0, 0.1) is 0 Å². The third-order valence-corrected chi connectivity index (χ3v) is 3.55. The number of nitrogens with one attached hydrogen (secondary N) is 2. The molecule has 0 saturated carbocycles. The van der Waals surface area contributed by atoms with Crippen LogP contribution in [0.5, 0.6) is 0 Å². The van der Waals surface area contributed by atoms with Gasteiger partial charge in [-0.15, -0.1) is 0 Å². The van der Waals surface area contributed by atoms with Crippen LogP contribution in [0.2, 0.25) is 5.02 Å². The molecule has 0 bridgehead atoms. The molecule has 110 valence electrons. The Labute approximate surface area is 121 Å². The maximum absolute atomic E-state index is 11.6. The maximum Gasteiger partial charge on any atom is 0.409 e. The summed E-state index contributed by atoms with van der Waals surface area (Å²) in [4.78, 5) is 24.6. The number of aromatic nitrogens is 2. The van der Waals surface area contributed by atoms with Crippen LogP contribution in [0.25, 0.3) is 0 Å². The number of H-pyrrole nitrogens is 1. The van der Waals surface area contributed by atoms with Gasteiger partial charge in [0.2, 0.25) is 0 Å². The number of likely N-dealkylation sites (tertiary alicyclic amines) is 1. The molecule has 2 heterocycles. The number of hydrogen-bond acceptors (Lipinski definition) is 5. The predicted octanol–water partition coefficient (Wildman–Crippen LogP) is 1.46. The second kappa shape index (κ2) is 6.60. The topological polar surface area (TPSA) is 87.3 Å². The quantitative estimate of drug-likeness (QED) is 0.882. The number of amides is 1. The largest absolute Gasteiger partial charge is 0.450 e. The first-order valence-corrected chi connectivity index (χ1v) is 6.91. The molecule has 2 rings (SSSR count). The van der Waals surface area contributed by atoms with Gasteiger partial charge in [-0.25, -0.2) is 9.89 Å². The first-order chi connectivity index (χ1) is 9.61. The second-order valence-corrected chi connectivity index (χ2v) is 4.91. The van der Waals surface area contributed by atoms with Crippen LogP contribution in [-0.2, 0) is 4.74 Å². The van der Waals surface area contributed by atoms with E-state index >= 15 is 0 Å². The Balaban J connectivity index is 1.90. The summed E-state index contributed by atoms with van der Waals surface area (Å²) in [5.74, 6) is 0. The van der Waals surface area contributed by atoms with E-state index in [1.807, 2.05) is 0 Å². The van der Waals surface area contributed by atoms with Gasteiger partial charge in [0.05, 0.1) is 18.5 Å². The van der Waals surface area contributed by atoms with Crippen molar-refractivity contribution in [3.63, 3.8) is 0 Å². The normalized spacial score (nSPS) is 16.0. The minimum Gasteiger partial charge on any atom is -0.450 e. The Morgan fingerprint density at radius 3 is 2.95 bits per heavy atom. The molecule has 20 heavy (non-hydrogen) atoms. The molecular weight excluding hydrogens is 284 g/mol. The van der Waals surface area contributed by atoms with E-state index in [9.17, 15) is 9.59 Å². The van der Waals surface area contributed by atoms with Crippen molar-refractivity contribution in [2.45, 2.75) is 25.8 Å². The van der Waals surface area contributed by atoms with Crippen molar-refractivity contribution in [1.82, 2.24) is 15.1 Å². The summed E-state index contributed by atoms with van der Waals surface area (Å²) >= 11 is 5.90. The van der Waals surface area contributed by atoms with Gasteiger partial charge in [-0.05, 0) is 19.8 Å². The lowest BCUT2D eigenvalue weighted by Gasteiger charge is -2.32. The van der Waals surface area contributed by atoms with Gasteiger partial charge in [-0.3, -0.25) is 4.79 Å². The molecular formula is C12H17ClN4O3. The van der Waals surface area contributed by atoms with Gasteiger partial charge in [0, 0.05) is 19.1 Å². The van der Waals surface area contributed by atoms with E-state index in [1.165, 1.54) is 6.20 Å². The summed E-state index contributed by atoms with van der Waals surface area (Å²) in [5, 5.41) is 9.27. The zero-order valence-corrected chi connectivity index (χ0v) is 11.9. The lowest BCUT2D eigenvalue weighted by molar-refractivity contribution is 0.0983. The van der Waals surface area contributed by atoms with Gasteiger partial charge >= 0.3 is 6.09 Å². The van der Waals surface area contributed by atoms with E-state index in [4.69, 9.17) is 16.3 Å². The van der Waals surface area contributed by atoms with Gasteiger partial charge in [0.25, 0.3) is 5.56 Å². The molecule has 1 fully saturated rings. The fraction of sp³-hybridized carbons (Fsp3) is 0.583. The number of carbonyl (C=O) groups excluding carboxylic acids is 1. The molecule has 1 aromatic heterocycles. The van der Waals surface area contributed by atoms with Crippen molar-refractivity contribution >= 4 is 23.4 Å². The van der Waals surface area contributed by atoms with Gasteiger partial charge in [-0.1, -0.05) is 11.6 Å². The van der Waals surface area contributed by atoms with Crippen LogP contribution in [0.1, 0.15) is 19.8 Å². The molecule has 1 aliphatic rings. The van der Waals surface area contributed by atoms with Crippen LogP contribution >= 0.6 is 11.6 Å². The van der Waals surface area contributed by atoms with E-state index < -0.39 is 5.56 Å². The van der Waals surface area contributed by atoms with Gasteiger partial charge in [0.1, 0.15) is 5.02 Å². The summed E-state index contributed by atoms with van der Waals surface area (Å²) in [5.41, 5.74) is 0.102. The number of nitrogens with zero attached hydrogens (tertiary/aromatic N) is 2. The van der Waals surface area contributed by atoms with Crippen LogP contribution in [0.15, 0.2) is 11.0 Å². The zero-order chi connectivity index (χ0) is 14.5. The Morgan fingerprint density at radius 1 is 1.60 bits per heavy atom. The minimum atomic E-state index is -0.416. The second-order valence-electron chi connectivity index (χ2n) is 4.53. The average molecular weight is 301 g/mol. The fourth-order valence-electron chi connectivity index (χ4n) is 2.13. The molecule has 0 radical (unpaired) electrons. The van der Waals surface area contributed by atoms with Crippen molar-refractivity contribution in [1.29, 1.82) is 0 Å². The number of piperidine rings is 1.